The molecule has 0 unspecified atom stereocenters. The Bertz CT molecular complexity index is 431. The van der Waals surface area contributed by atoms with Crippen molar-refractivity contribution in [1.29, 1.82) is 0 Å². The van der Waals surface area contributed by atoms with Gasteiger partial charge in [0.2, 0.25) is 0 Å². The minimum Gasteiger partial charge on any atom is -0.318 e. The lowest BCUT2D eigenvalue weighted by atomic mass is 10.2. The highest BCUT2D eigenvalue weighted by molar-refractivity contribution is 8.05. The Hall–Kier alpha value is -1.29. The van der Waals surface area contributed by atoms with Gasteiger partial charge in [0.15, 0.2) is 5.78 Å². The normalized spacial score (nSPS) is 23.9. The van der Waals surface area contributed by atoms with Crippen molar-refractivity contribution in [2.45, 2.75) is 0 Å². The van der Waals surface area contributed by atoms with E-state index in [2.05, 4.69) is 4.99 Å². The summed E-state index contributed by atoms with van der Waals surface area (Å²) < 4.78 is 0. The van der Waals surface area contributed by atoms with Gasteiger partial charge in [-0.25, -0.2) is 4.99 Å². The monoisotopic (exact) mass is 204 g/mol. The molecule has 0 aromatic heterocycles. The Balaban J connectivity index is 2.10. The summed E-state index contributed by atoms with van der Waals surface area (Å²) in [5.41, 5.74) is 0.834. The molecule has 0 saturated heterocycles. The van der Waals surface area contributed by atoms with E-state index in [0.717, 1.165) is 23.0 Å². The molecule has 0 bridgehead atoms. The van der Waals surface area contributed by atoms with Crippen molar-refractivity contribution in [3.63, 3.8) is 0 Å². The first-order chi connectivity index (χ1) is 6.86. The van der Waals surface area contributed by atoms with Crippen LogP contribution in [0.2, 0.25) is 0 Å². The molecule has 0 aliphatic carbocycles. The molecule has 3 aliphatic rings. The van der Waals surface area contributed by atoms with Crippen LogP contribution in [0.25, 0.3) is 0 Å². The number of hydrogen-bond acceptors (Lipinski definition) is 4. The third-order valence-corrected chi connectivity index (χ3v) is 3.40. The maximum absolute atomic E-state index is 11.6. The predicted molar refractivity (Wildman–Crippen MR) is 56.9 cm³/mol. The maximum atomic E-state index is 11.6. The smallest absolute Gasteiger partial charge is 0.190 e. The molecule has 0 N–H and O–H groups in total. The molecule has 0 radical (unpaired) electrons. The summed E-state index contributed by atoms with van der Waals surface area (Å²) in [7, 11) is 0. The van der Waals surface area contributed by atoms with Crippen LogP contribution < -0.4 is 0 Å². The molecule has 0 atom stereocenters. The number of aliphatic imine (C=N–C) groups is 1. The van der Waals surface area contributed by atoms with E-state index >= 15 is 0 Å². The molecule has 0 spiro atoms. The van der Waals surface area contributed by atoms with Gasteiger partial charge in [0.1, 0.15) is 11.5 Å². The fraction of sp³-hybridized carbons (Fsp3) is 0.200. The highest BCUT2D eigenvalue weighted by Gasteiger charge is 2.31. The predicted octanol–water partition coefficient (Wildman–Crippen LogP) is 1.31. The van der Waals surface area contributed by atoms with Crippen molar-refractivity contribution < 1.29 is 4.79 Å². The number of nitrogens with zero attached hydrogens (tertiary/aromatic N) is 2. The summed E-state index contributed by atoms with van der Waals surface area (Å²) in [6.07, 6.45) is 7.74. The minimum atomic E-state index is 0.220. The molecule has 0 fully saturated rings. The van der Waals surface area contributed by atoms with Crippen LogP contribution in [0.15, 0.2) is 39.6 Å². The number of allylic oxidation sites excluding steroid dienone is 4. The van der Waals surface area contributed by atoms with E-state index in [1.165, 1.54) is 0 Å². The van der Waals surface area contributed by atoms with Crippen LogP contribution in [0, 0.1) is 0 Å². The summed E-state index contributed by atoms with van der Waals surface area (Å²) in [6.45, 7) is 0.758. The second kappa shape index (κ2) is 2.85. The van der Waals surface area contributed by atoms with Gasteiger partial charge < -0.3 is 4.90 Å². The lowest BCUT2D eigenvalue weighted by molar-refractivity contribution is -0.114. The van der Waals surface area contributed by atoms with Gasteiger partial charge in [-0.1, -0.05) is 12.2 Å². The molecule has 70 valence electrons. The largest absolute Gasteiger partial charge is 0.318 e. The van der Waals surface area contributed by atoms with Crippen LogP contribution in [0.4, 0.5) is 0 Å². The van der Waals surface area contributed by atoms with Crippen molar-refractivity contribution in [3.8, 4) is 0 Å². The molecule has 3 heterocycles. The topological polar surface area (TPSA) is 32.7 Å². The Morgan fingerprint density at radius 2 is 2.43 bits per heavy atom. The maximum Gasteiger partial charge on any atom is 0.190 e. The number of ketones is 1. The number of thioether (sulfide) groups is 1. The third kappa shape index (κ3) is 1.00. The van der Waals surface area contributed by atoms with E-state index in [0.29, 0.717) is 5.75 Å². The van der Waals surface area contributed by atoms with E-state index < -0.39 is 0 Å². The lowest BCUT2D eigenvalue weighted by Crippen LogP contribution is -2.29. The van der Waals surface area contributed by atoms with Crippen molar-refractivity contribution in [2.75, 3.05) is 12.3 Å². The number of carbonyl (C=O) groups excluding carboxylic acids is 1. The van der Waals surface area contributed by atoms with E-state index in [9.17, 15) is 4.79 Å². The van der Waals surface area contributed by atoms with E-state index in [1.54, 1.807) is 18.0 Å². The average molecular weight is 204 g/mol. The SMILES string of the molecule is O=C1CSC2=C1N1CC=CC=C1N=C2. The second-order valence-corrected chi connectivity index (χ2v) is 4.26. The van der Waals surface area contributed by atoms with E-state index in [1.807, 2.05) is 23.1 Å². The molecule has 0 aromatic rings. The molecule has 14 heavy (non-hydrogen) atoms. The number of rotatable bonds is 0. The van der Waals surface area contributed by atoms with Crippen LogP contribution >= 0.6 is 11.8 Å². The Morgan fingerprint density at radius 1 is 1.50 bits per heavy atom. The standard InChI is InChI=1S/C10H8N2OS/c13-7-6-14-8-5-11-9-3-1-2-4-12(9)10(7)8/h1-3,5H,4,6H2. The van der Waals surface area contributed by atoms with Gasteiger partial charge in [-0.3, -0.25) is 4.79 Å². The molecule has 3 aliphatic heterocycles. The van der Waals surface area contributed by atoms with Crippen molar-refractivity contribution in [1.82, 2.24) is 4.90 Å². The van der Waals surface area contributed by atoms with Crippen LogP contribution in [-0.4, -0.2) is 29.2 Å². The average Bonchev–Trinajstić information content (AvgIpc) is 2.61. The van der Waals surface area contributed by atoms with Crippen molar-refractivity contribution in [3.05, 3.63) is 34.7 Å². The summed E-state index contributed by atoms with van der Waals surface area (Å²) in [6, 6.07) is 0. The fourth-order valence-electron chi connectivity index (χ4n) is 1.75. The Morgan fingerprint density at radius 3 is 3.36 bits per heavy atom. The molecule has 0 aromatic carbocycles. The van der Waals surface area contributed by atoms with Gasteiger partial charge in [0.05, 0.1) is 10.7 Å². The first-order valence-corrected chi connectivity index (χ1v) is 5.43. The summed E-state index contributed by atoms with van der Waals surface area (Å²) in [5.74, 6) is 1.66. The summed E-state index contributed by atoms with van der Waals surface area (Å²) in [5, 5.41) is 0. The highest BCUT2D eigenvalue weighted by atomic mass is 32.2. The van der Waals surface area contributed by atoms with Gasteiger partial charge in [0.25, 0.3) is 0 Å². The van der Waals surface area contributed by atoms with E-state index in [-0.39, 0.29) is 5.78 Å². The molecule has 3 nitrogen and oxygen atoms in total. The molecule has 4 heteroatoms. The Kier molecular flexibility index (Phi) is 1.64. The molecule has 3 rings (SSSR count). The van der Waals surface area contributed by atoms with Gasteiger partial charge in [-0.2, -0.15) is 0 Å². The Labute approximate surface area is 85.9 Å². The number of carbonyl (C=O) groups is 1. The quantitative estimate of drug-likeness (QED) is 0.596. The van der Waals surface area contributed by atoms with E-state index in [4.69, 9.17) is 0 Å². The molecular formula is C10H8N2OS. The first-order valence-electron chi connectivity index (χ1n) is 4.45. The second-order valence-electron chi connectivity index (χ2n) is 3.25. The van der Waals surface area contributed by atoms with Gasteiger partial charge in [0, 0.05) is 12.8 Å². The number of fused-ring (bicyclic) bond motifs is 2. The summed E-state index contributed by atoms with van der Waals surface area (Å²) >= 11 is 1.58. The first kappa shape index (κ1) is 8.05. The molecular weight excluding hydrogens is 196 g/mol. The minimum absolute atomic E-state index is 0.220. The zero-order chi connectivity index (χ0) is 9.54. The summed E-state index contributed by atoms with van der Waals surface area (Å²) in [4.78, 5) is 18.9. The number of Topliss-reactive ketones (excluding diaryl/α,β-unsaturated/α-hetero) is 1. The van der Waals surface area contributed by atoms with Crippen LogP contribution in [0.3, 0.4) is 0 Å². The van der Waals surface area contributed by atoms with Crippen LogP contribution in [0.1, 0.15) is 0 Å². The highest BCUT2D eigenvalue weighted by Crippen LogP contribution is 2.35. The lowest BCUT2D eigenvalue weighted by Gasteiger charge is -2.28. The molecule has 0 amide bonds. The van der Waals surface area contributed by atoms with Gasteiger partial charge in [-0.05, 0) is 6.08 Å². The van der Waals surface area contributed by atoms with Crippen LogP contribution in [0.5, 0.6) is 0 Å². The fourth-order valence-corrected chi connectivity index (χ4v) is 2.66. The zero-order valence-corrected chi connectivity index (χ0v) is 8.25. The van der Waals surface area contributed by atoms with Gasteiger partial charge in [-0.15, -0.1) is 11.8 Å². The molecule has 0 saturated carbocycles. The number of hydrogen-bond donors (Lipinski definition) is 0. The van der Waals surface area contributed by atoms with Gasteiger partial charge >= 0.3 is 0 Å². The zero-order valence-electron chi connectivity index (χ0n) is 7.43. The van der Waals surface area contributed by atoms with Crippen molar-refractivity contribution >= 4 is 23.8 Å². The van der Waals surface area contributed by atoms with Crippen LogP contribution in [-0.2, 0) is 4.79 Å². The van der Waals surface area contributed by atoms with Crippen molar-refractivity contribution in [2.24, 2.45) is 4.99 Å². The third-order valence-electron chi connectivity index (χ3n) is 2.39.